The summed E-state index contributed by atoms with van der Waals surface area (Å²) >= 11 is 1.81. The van der Waals surface area contributed by atoms with E-state index < -0.39 is 0 Å². The fourth-order valence-electron chi connectivity index (χ4n) is 3.21. The number of rotatable bonds is 3. The lowest BCUT2D eigenvalue weighted by Crippen LogP contribution is -2.13. The average molecular weight is 238 g/mol. The molecule has 0 saturated heterocycles. The van der Waals surface area contributed by atoms with Gasteiger partial charge in [-0.15, -0.1) is 10.2 Å². The Kier molecular flexibility index (Phi) is 2.58. The van der Waals surface area contributed by atoms with Crippen molar-refractivity contribution < 1.29 is 0 Å². The molecule has 0 spiro atoms. The maximum Gasteiger partial charge on any atom is 0.222 e. The van der Waals surface area contributed by atoms with E-state index in [0.717, 1.165) is 22.9 Å². The fraction of sp³-hybridized carbons (Fsp3) is 0.818. The number of aromatic nitrogens is 3. The van der Waals surface area contributed by atoms with Gasteiger partial charge in [-0.3, -0.25) is 4.57 Å². The average Bonchev–Trinajstić information content (AvgIpc) is 2.95. The van der Waals surface area contributed by atoms with E-state index in [4.69, 9.17) is 5.73 Å². The highest BCUT2D eigenvalue weighted by Crippen LogP contribution is 2.49. The van der Waals surface area contributed by atoms with E-state index in [1.54, 1.807) is 0 Å². The summed E-state index contributed by atoms with van der Waals surface area (Å²) in [4.78, 5) is 0. The van der Waals surface area contributed by atoms with Crippen LogP contribution in [-0.4, -0.2) is 20.5 Å². The van der Waals surface area contributed by atoms with Crippen LogP contribution in [0.3, 0.4) is 0 Å². The maximum absolute atomic E-state index is 5.66. The zero-order valence-electron chi connectivity index (χ0n) is 9.59. The smallest absolute Gasteiger partial charge is 0.222 e. The van der Waals surface area contributed by atoms with Gasteiger partial charge in [-0.05, 0) is 37.0 Å². The van der Waals surface area contributed by atoms with Gasteiger partial charge in [-0.1, -0.05) is 18.2 Å². The molecular weight excluding hydrogens is 220 g/mol. The number of anilines is 1. The lowest BCUT2D eigenvalue weighted by atomic mass is 9.90. The molecule has 1 aromatic rings. The SMILES string of the molecule is Cn1c(N)nnc1SCC1CC2CCC1C2. The van der Waals surface area contributed by atoms with Gasteiger partial charge in [-0.2, -0.15) is 0 Å². The standard InChI is InChI=1S/C11H18N4S/c1-15-10(12)13-14-11(15)16-6-9-5-7-2-3-8(9)4-7/h7-9H,2-6H2,1H3,(H2,12,13). The van der Waals surface area contributed by atoms with Crippen LogP contribution in [-0.2, 0) is 7.05 Å². The van der Waals surface area contributed by atoms with Gasteiger partial charge in [0.2, 0.25) is 5.95 Å². The lowest BCUT2D eigenvalue weighted by molar-refractivity contribution is 0.365. The van der Waals surface area contributed by atoms with Gasteiger partial charge in [-0.25, -0.2) is 0 Å². The largest absolute Gasteiger partial charge is 0.368 e. The predicted octanol–water partition coefficient (Wildman–Crippen LogP) is 1.93. The number of nitrogen functional groups attached to an aromatic ring is 1. The molecule has 2 fully saturated rings. The molecule has 0 radical (unpaired) electrons. The Labute approximate surface area is 100.0 Å². The third kappa shape index (κ3) is 1.71. The van der Waals surface area contributed by atoms with Crippen molar-refractivity contribution in [3.05, 3.63) is 0 Å². The summed E-state index contributed by atoms with van der Waals surface area (Å²) in [5.74, 6) is 4.62. The van der Waals surface area contributed by atoms with Crippen LogP contribution < -0.4 is 5.73 Å². The molecule has 3 rings (SSSR count). The molecule has 2 N–H and O–H groups in total. The molecule has 2 bridgehead atoms. The second-order valence-electron chi connectivity index (χ2n) is 5.15. The highest BCUT2D eigenvalue weighted by atomic mass is 32.2. The highest BCUT2D eigenvalue weighted by molar-refractivity contribution is 7.99. The number of thioether (sulfide) groups is 1. The lowest BCUT2D eigenvalue weighted by Gasteiger charge is -2.20. The van der Waals surface area contributed by atoms with Crippen molar-refractivity contribution in [3.63, 3.8) is 0 Å². The van der Waals surface area contributed by atoms with Crippen molar-refractivity contribution >= 4 is 17.7 Å². The van der Waals surface area contributed by atoms with E-state index in [2.05, 4.69) is 10.2 Å². The third-order valence-corrected chi connectivity index (χ3v) is 5.39. The summed E-state index contributed by atoms with van der Waals surface area (Å²) in [5.41, 5.74) is 5.66. The molecule has 5 heteroatoms. The quantitative estimate of drug-likeness (QED) is 0.817. The molecular formula is C11H18N4S. The Morgan fingerprint density at radius 3 is 2.81 bits per heavy atom. The maximum atomic E-state index is 5.66. The Hall–Kier alpha value is -0.710. The van der Waals surface area contributed by atoms with E-state index in [1.165, 1.54) is 31.4 Å². The molecule has 0 aromatic carbocycles. The minimum atomic E-state index is 0.510. The Morgan fingerprint density at radius 2 is 2.25 bits per heavy atom. The first kappa shape index (κ1) is 10.4. The monoisotopic (exact) mass is 238 g/mol. The first-order chi connectivity index (χ1) is 7.74. The Balaban J connectivity index is 1.59. The minimum absolute atomic E-state index is 0.510. The van der Waals surface area contributed by atoms with Crippen molar-refractivity contribution in [2.45, 2.75) is 30.8 Å². The van der Waals surface area contributed by atoms with Crippen LogP contribution in [0.25, 0.3) is 0 Å². The molecule has 0 aliphatic heterocycles. The number of fused-ring (bicyclic) bond motifs is 2. The minimum Gasteiger partial charge on any atom is -0.368 e. The van der Waals surface area contributed by atoms with Gasteiger partial charge < -0.3 is 5.73 Å². The van der Waals surface area contributed by atoms with E-state index >= 15 is 0 Å². The van der Waals surface area contributed by atoms with Gasteiger partial charge in [0, 0.05) is 12.8 Å². The summed E-state index contributed by atoms with van der Waals surface area (Å²) in [6, 6.07) is 0. The molecule has 2 aliphatic rings. The van der Waals surface area contributed by atoms with Crippen LogP contribution >= 0.6 is 11.8 Å². The zero-order chi connectivity index (χ0) is 11.1. The molecule has 1 aromatic heterocycles. The van der Waals surface area contributed by atoms with Crippen molar-refractivity contribution in [1.29, 1.82) is 0 Å². The summed E-state index contributed by atoms with van der Waals surface area (Å²) in [5, 5.41) is 8.93. The summed E-state index contributed by atoms with van der Waals surface area (Å²) in [6.45, 7) is 0. The van der Waals surface area contributed by atoms with Crippen LogP contribution in [0.15, 0.2) is 5.16 Å². The first-order valence-electron chi connectivity index (χ1n) is 6.01. The van der Waals surface area contributed by atoms with E-state index in [0.29, 0.717) is 5.95 Å². The molecule has 0 amide bonds. The van der Waals surface area contributed by atoms with Crippen molar-refractivity contribution in [3.8, 4) is 0 Å². The second kappa shape index (κ2) is 3.95. The normalized spacial score (nSPS) is 32.4. The van der Waals surface area contributed by atoms with Gasteiger partial charge in [0.1, 0.15) is 0 Å². The van der Waals surface area contributed by atoms with Crippen molar-refractivity contribution in [2.75, 3.05) is 11.5 Å². The topological polar surface area (TPSA) is 56.7 Å². The summed E-state index contributed by atoms with van der Waals surface area (Å²) < 4.78 is 1.87. The highest BCUT2D eigenvalue weighted by Gasteiger charge is 2.39. The van der Waals surface area contributed by atoms with Crippen LogP contribution in [0.1, 0.15) is 25.7 Å². The van der Waals surface area contributed by atoms with Crippen LogP contribution in [0.4, 0.5) is 5.95 Å². The van der Waals surface area contributed by atoms with Crippen LogP contribution in [0.5, 0.6) is 0 Å². The van der Waals surface area contributed by atoms with E-state index in [1.807, 2.05) is 23.4 Å². The Bertz CT molecular complexity index is 389. The number of hydrogen-bond acceptors (Lipinski definition) is 4. The summed E-state index contributed by atoms with van der Waals surface area (Å²) in [7, 11) is 1.93. The van der Waals surface area contributed by atoms with Crippen LogP contribution in [0.2, 0.25) is 0 Å². The second-order valence-corrected chi connectivity index (χ2v) is 6.13. The van der Waals surface area contributed by atoms with Gasteiger partial charge in [0.05, 0.1) is 0 Å². The first-order valence-corrected chi connectivity index (χ1v) is 7.00. The molecule has 2 aliphatic carbocycles. The van der Waals surface area contributed by atoms with Gasteiger partial charge in [0.25, 0.3) is 0 Å². The molecule has 4 nitrogen and oxygen atoms in total. The summed E-state index contributed by atoms with van der Waals surface area (Å²) in [6.07, 6.45) is 5.84. The molecule has 88 valence electrons. The third-order valence-electron chi connectivity index (χ3n) is 4.18. The number of nitrogens with two attached hydrogens (primary N) is 1. The van der Waals surface area contributed by atoms with E-state index in [9.17, 15) is 0 Å². The number of hydrogen-bond donors (Lipinski definition) is 1. The van der Waals surface area contributed by atoms with Gasteiger partial charge in [0.15, 0.2) is 5.16 Å². The zero-order valence-corrected chi connectivity index (χ0v) is 10.4. The predicted molar refractivity (Wildman–Crippen MR) is 65.1 cm³/mol. The van der Waals surface area contributed by atoms with Gasteiger partial charge >= 0.3 is 0 Å². The van der Waals surface area contributed by atoms with E-state index in [-0.39, 0.29) is 0 Å². The number of nitrogens with zero attached hydrogens (tertiary/aromatic N) is 3. The van der Waals surface area contributed by atoms with Crippen molar-refractivity contribution in [2.24, 2.45) is 24.8 Å². The molecule has 2 saturated carbocycles. The molecule has 16 heavy (non-hydrogen) atoms. The van der Waals surface area contributed by atoms with Crippen molar-refractivity contribution in [1.82, 2.24) is 14.8 Å². The molecule has 3 atom stereocenters. The fourth-order valence-corrected chi connectivity index (χ4v) is 4.37. The molecule has 1 heterocycles. The molecule has 3 unspecified atom stereocenters. The Morgan fingerprint density at radius 1 is 1.38 bits per heavy atom. The van der Waals surface area contributed by atoms with Crippen LogP contribution in [0, 0.1) is 17.8 Å².